The van der Waals surface area contributed by atoms with Crippen molar-refractivity contribution in [2.24, 2.45) is 0 Å². The first-order chi connectivity index (χ1) is 9.10. The maximum absolute atomic E-state index is 10.8. The van der Waals surface area contributed by atoms with Crippen molar-refractivity contribution < 1.29 is 14.4 Å². The van der Waals surface area contributed by atoms with E-state index in [4.69, 9.17) is 21.1 Å². The number of hydrogen-bond donors (Lipinski definition) is 0. The van der Waals surface area contributed by atoms with Crippen molar-refractivity contribution >= 4 is 17.3 Å². The second kappa shape index (κ2) is 5.44. The van der Waals surface area contributed by atoms with Crippen LogP contribution in [0.15, 0.2) is 24.3 Å². The quantitative estimate of drug-likeness (QED) is 0.626. The summed E-state index contributed by atoms with van der Waals surface area (Å²) >= 11 is 5.64. The van der Waals surface area contributed by atoms with E-state index >= 15 is 0 Å². The maximum atomic E-state index is 10.8. The number of nitro groups is 1. The number of methoxy groups -OCH3 is 1. The van der Waals surface area contributed by atoms with E-state index in [0.717, 1.165) is 0 Å². The molecule has 0 atom stereocenters. The zero-order chi connectivity index (χ0) is 13.8. The number of ether oxygens (including phenoxy) is 2. The molecule has 0 aliphatic carbocycles. The van der Waals surface area contributed by atoms with E-state index < -0.39 is 4.92 Å². The van der Waals surface area contributed by atoms with Gasteiger partial charge in [-0.1, -0.05) is 12.1 Å². The van der Waals surface area contributed by atoms with Gasteiger partial charge in [0.1, 0.15) is 0 Å². The van der Waals surface area contributed by atoms with Crippen LogP contribution in [0.3, 0.4) is 0 Å². The molecule has 0 saturated carbocycles. The largest absolute Gasteiger partial charge is 0.467 e. The highest BCUT2D eigenvalue weighted by atomic mass is 35.5. The summed E-state index contributed by atoms with van der Waals surface area (Å²) in [7, 11) is 1.35. The SMILES string of the molecule is COc1nc(Cl)nc(Oc2ccccc2[N+](=O)[O-])n1. The molecular weight excluding hydrogens is 276 g/mol. The van der Waals surface area contributed by atoms with Crippen LogP contribution in [0.2, 0.25) is 5.28 Å². The van der Waals surface area contributed by atoms with E-state index in [0.29, 0.717) is 0 Å². The Morgan fingerprint density at radius 1 is 1.21 bits per heavy atom. The molecule has 1 aromatic heterocycles. The van der Waals surface area contributed by atoms with Crippen molar-refractivity contribution in [1.29, 1.82) is 0 Å². The normalized spacial score (nSPS) is 10.0. The fourth-order valence-electron chi connectivity index (χ4n) is 1.24. The Morgan fingerprint density at radius 3 is 2.58 bits per heavy atom. The molecule has 0 saturated heterocycles. The predicted molar refractivity (Wildman–Crippen MR) is 64.6 cm³/mol. The minimum Gasteiger partial charge on any atom is -0.467 e. The molecule has 2 aromatic rings. The molecule has 0 amide bonds. The minimum atomic E-state index is -0.574. The molecule has 0 N–H and O–H groups in total. The summed E-state index contributed by atoms with van der Waals surface area (Å²) in [5, 5.41) is 10.7. The lowest BCUT2D eigenvalue weighted by Gasteiger charge is -2.05. The Kier molecular flexibility index (Phi) is 3.71. The van der Waals surface area contributed by atoms with E-state index in [9.17, 15) is 10.1 Å². The van der Waals surface area contributed by atoms with Gasteiger partial charge in [-0.2, -0.15) is 9.97 Å². The first kappa shape index (κ1) is 13.0. The summed E-state index contributed by atoms with van der Waals surface area (Å²) in [4.78, 5) is 21.4. The average molecular weight is 283 g/mol. The Labute approximate surface area is 112 Å². The number of nitrogens with zero attached hydrogens (tertiary/aromatic N) is 4. The topological polar surface area (TPSA) is 100 Å². The van der Waals surface area contributed by atoms with Crippen LogP contribution in [0.5, 0.6) is 17.8 Å². The van der Waals surface area contributed by atoms with Crippen LogP contribution < -0.4 is 9.47 Å². The van der Waals surface area contributed by atoms with Crippen LogP contribution in [0.25, 0.3) is 0 Å². The highest BCUT2D eigenvalue weighted by molar-refractivity contribution is 6.28. The van der Waals surface area contributed by atoms with Crippen molar-refractivity contribution in [3.63, 3.8) is 0 Å². The van der Waals surface area contributed by atoms with Crippen molar-refractivity contribution in [3.05, 3.63) is 39.7 Å². The molecule has 9 heteroatoms. The summed E-state index contributed by atoms with van der Waals surface area (Å²) in [6.07, 6.45) is 0. The van der Waals surface area contributed by atoms with Crippen molar-refractivity contribution in [3.8, 4) is 17.8 Å². The molecule has 19 heavy (non-hydrogen) atoms. The number of para-hydroxylation sites is 2. The van der Waals surface area contributed by atoms with Gasteiger partial charge in [-0.3, -0.25) is 10.1 Å². The lowest BCUT2D eigenvalue weighted by Crippen LogP contribution is -2.00. The van der Waals surface area contributed by atoms with E-state index in [1.807, 2.05) is 0 Å². The van der Waals surface area contributed by atoms with Gasteiger partial charge in [0, 0.05) is 6.07 Å². The smallest absolute Gasteiger partial charge is 0.329 e. The minimum absolute atomic E-state index is 0.00294. The number of benzene rings is 1. The molecule has 0 fully saturated rings. The molecule has 0 aliphatic heterocycles. The second-order valence-corrected chi connectivity index (χ2v) is 3.54. The van der Waals surface area contributed by atoms with Crippen molar-refractivity contribution in [1.82, 2.24) is 15.0 Å². The zero-order valence-corrected chi connectivity index (χ0v) is 10.4. The zero-order valence-electron chi connectivity index (χ0n) is 9.61. The summed E-state index contributed by atoms with van der Waals surface area (Å²) in [5.41, 5.74) is -0.210. The van der Waals surface area contributed by atoms with Gasteiger partial charge in [0.15, 0.2) is 0 Å². The van der Waals surface area contributed by atoms with Crippen LogP contribution in [0, 0.1) is 10.1 Å². The monoisotopic (exact) mass is 282 g/mol. The third kappa shape index (κ3) is 3.05. The van der Waals surface area contributed by atoms with Crippen LogP contribution in [-0.2, 0) is 0 Å². The standard InChI is InChI=1S/C10H7ClN4O4/c1-18-9-12-8(11)13-10(14-9)19-7-5-3-2-4-6(7)15(16)17/h2-5H,1H3. The van der Waals surface area contributed by atoms with Gasteiger partial charge in [-0.15, -0.1) is 4.98 Å². The van der Waals surface area contributed by atoms with Crippen LogP contribution in [-0.4, -0.2) is 27.0 Å². The second-order valence-electron chi connectivity index (χ2n) is 3.20. The van der Waals surface area contributed by atoms with Gasteiger partial charge in [0.2, 0.25) is 11.0 Å². The number of rotatable bonds is 4. The van der Waals surface area contributed by atoms with E-state index in [2.05, 4.69) is 15.0 Å². The van der Waals surface area contributed by atoms with Crippen LogP contribution in [0.4, 0.5) is 5.69 Å². The van der Waals surface area contributed by atoms with Crippen molar-refractivity contribution in [2.75, 3.05) is 7.11 Å². The molecule has 0 unspecified atom stereocenters. The number of halogens is 1. The molecule has 1 aromatic carbocycles. The molecule has 1 heterocycles. The highest BCUT2D eigenvalue weighted by Gasteiger charge is 2.16. The lowest BCUT2D eigenvalue weighted by atomic mass is 10.3. The van der Waals surface area contributed by atoms with E-state index in [1.165, 1.54) is 25.3 Å². The van der Waals surface area contributed by atoms with E-state index in [1.54, 1.807) is 6.07 Å². The Hall–Kier alpha value is -2.48. The Bertz CT molecular complexity index is 622. The number of hydrogen-bond acceptors (Lipinski definition) is 7. The summed E-state index contributed by atoms with van der Waals surface area (Å²) in [5.74, 6) is -0.00294. The van der Waals surface area contributed by atoms with Gasteiger partial charge in [0.25, 0.3) is 0 Å². The fourth-order valence-corrected chi connectivity index (χ4v) is 1.39. The molecule has 0 spiro atoms. The van der Waals surface area contributed by atoms with Crippen molar-refractivity contribution in [2.45, 2.75) is 0 Å². The molecule has 2 rings (SSSR count). The maximum Gasteiger partial charge on any atom is 0.329 e. The lowest BCUT2D eigenvalue weighted by molar-refractivity contribution is -0.385. The number of nitro benzene ring substituents is 1. The fraction of sp³-hybridized carbons (Fsp3) is 0.100. The third-order valence-corrected chi connectivity index (χ3v) is 2.18. The van der Waals surface area contributed by atoms with Gasteiger partial charge in [-0.05, 0) is 17.7 Å². The summed E-state index contributed by atoms with van der Waals surface area (Å²) < 4.78 is 10.0. The first-order valence-electron chi connectivity index (χ1n) is 4.97. The highest BCUT2D eigenvalue weighted by Crippen LogP contribution is 2.29. The molecule has 0 bridgehead atoms. The number of aromatic nitrogens is 3. The Balaban J connectivity index is 2.36. The molecule has 0 radical (unpaired) electrons. The molecule has 98 valence electrons. The molecular formula is C10H7ClN4O4. The van der Waals surface area contributed by atoms with Crippen LogP contribution in [0.1, 0.15) is 0 Å². The van der Waals surface area contributed by atoms with Gasteiger partial charge < -0.3 is 9.47 Å². The summed E-state index contributed by atoms with van der Waals surface area (Å²) in [6.45, 7) is 0. The summed E-state index contributed by atoms with van der Waals surface area (Å²) in [6, 6.07) is 5.59. The average Bonchev–Trinajstić information content (AvgIpc) is 2.38. The molecule has 8 nitrogen and oxygen atoms in total. The third-order valence-electron chi connectivity index (χ3n) is 2.01. The molecule has 0 aliphatic rings. The van der Waals surface area contributed by atoms with Gasteiger partial charge in [0.05, 0.1) is 12.0 Å². The van der Waals surface area contributed by atoms with E-state index in [-0.39, 0.29) is 28.7 Å². The van der Waals surface area contributed by atoms with Gasteiger partial charge >= 0.3 is 17.7 Å². The predicted octanol–water partition coefficient (Wildman–Crippen LogP) is 2.23. The first-order valence-corrected chi connectivity index (χ1v) is 5.35. The van der Waals surface area contributed by atoms with Gasteiger partial charge in [-0.25, -0.2) is 0 Å². The Morgan fingerprint density at radius 2 is 1.89 bits per heavy atom. The van der Waals surface area contributed by atoms with Crippen LogP contribution >= 0.6 is 11.6 Å².